The summed E-state index contributed by atoms with van der Waals surface area (Å²) in [5.41, 5.74) is 14.3. The number of allylic oxidation sites excluding steroid dienone is 2. The first kappa shape index (κ1) is 12.3. The van der Waals surface area contributed by atoms with Gasteiger partial charge < -0.3 is 11.5 Å². The lowest BCUT2D eigenvalue weighted by atomic mass is 9.88. The maximum atomic E-state index is 6.48. The van der Waals surface area contributed by atoms with E-state index >= 15 is 0 Å². The van der Waals surface area contributed by atoms with Gasteiger partial charge in [-0.3, -0.25) is 0 Å². The van der Waals surface area contributed by atoms with Gasteiger partial charge in [-0.15, -0.1) is 11.8 Å². The summed E-state index contributed by atoms with van der Waals surface area (Å²) in [6.07, 6.45) is 8.30. The second-order valence-corrected chi connectivity index (χ2v) is 5.75. The van der Waals surface area contributed by atoms with Crippen molar-refractivity contribution in [1.29, 1.82) is 0 Å². The standard InChI is InChI=1S/C14H18N2S/c1-2-17-14(16)9-4-3-8-13(14)11-6-5-7-12(15)10-11/h3-10,13H,2,15-16H2,1H3. The molecule has 1 aliphatic carbocycles. The van der Waals surface area contributed by atoms with Gasteiger partial charge in [0.15, 0.2) is 0 Å². The van der Waals surface area contributed by atoms with Crippen molar-refractivity contribution in [2.24, 2.45) is 5.73 Å². The van der Waals surface area contributed by atoms with E-state index in [1.54, 1.807) is 11.8 Å². The third-order valence-corrected chi connectivity index (χ3v) is 4.10. The summed E-state index contributed by atoms with van der Waals surface area (Å²) < 4.78 is 0. The van der Waals surface area contributed by atoms with Gasteiger partial charge in [0.05, 0.1) is 4.87 Å². The third-order valence-electron chi connectivity index (χ3n) is 2.92. The monoisotopic (exact) mass is 246 g/mol. The van der Waals surface area contributed by atoms with Crippen molar-refractivity contribution < 1.29 is 0 Å². The van der Waals surface area contributed by atoms with Crippen LogP contribution in [-0.4, -0.2) is 10.6 Å². The Morgan fingerprint density at radius 2 is 2.18 bits per heavy atom. The molecule has 1 aromatic carbocycles. The van der Waals surface area contributed by atoms with Crippen molar-refractivity contribution >= 4 is 17.4 Å². The third kappa shape index (κ3) is 2.56. The molecule has 0 heterocycles. The highest BCUT2D eigenvalue weighted by molar-refractivity contribution is 8.00. The minimum atomic E-state index is -0.364. The normalized spacial score (nSPS) is 27.3. The van der Waals surface area contributed by atoms with Gasteiger partial charge in [0.25, 0.3) is 0 Å². The van der Waals surface area contributed by atoms with Gasteiger partial charge in [-0.2, -0.15) is 0 Å². The van der Waals surface area contributed by atoms with Gasteiger partial charge in [-0.1, -0.05) is 43.4 Å². The van der Waals surface area contributed by atoms with E-state index in [1.807, 2.05) is 24.3 Å². The molecular weight excluding hydrogens is 228 g/mol. The van der Waals surface area contributed by atoms with Gasteiger partial charge in [-0.25, -0.2) is 0 Å². The van der Waals surface area contributed by atoms with Crippen molar-refractivity contribution in [2.75, 3.05) is 11.5 Å². The quantitative estimate of drug-likeness (QED) is 0.637. The van der Waals surface area contributed by atoms with E-state index < -0.39 is 0 Å². The van der Waals surface area contributed by atoms with Gasteiger partial charge in [0.1, 0.15) is 0 Å². The first-order valence-electron chi connectivity index (χ1n) is 5.80. The number of rotatable bonds is 3. The Morgan fingerprint density at radius 3 is 2.88 bits per heavy atom. The molecule has 90 valence electrons. The molecular formula is C14H18N2S. The van der Waals surface area contributed by atoms with Gasteiger partial charge in [0, 0.05) is 11.6 Å². The lowest BCUT2D eigenvalue weighted by Crippen LogP contribution is -2.41. The fourth-order valence-corrected chi connectivity index (χ4v) is 3.22. The average Bonchev–Trinajstić information content (AvgIpc) is 2.29. The van der Waals surface area contributed by atoms with Crippen LogP contribution in [0.25, 0.3) is 0 Å². The Kier molecular flexibility index (Phi) is 3.60. The maximum absolute atomic E-state index is 6.48. The zero-order valence-corrected chi connectivity index (χ0v) is 10.8. The van der Waals surface area contributed by atoms with Crippen LogP contribution in [0.1, 0.15) is 18.4 Å². The predicted octanol–water partition coefficient (Wildman–Crippen LogP) is 2.89. The zero-order chi connectivity index (χ0) is 12.3. The molecule has 0 saturated heterocycles. The van der Waals surface area contributed by atoms with E-state index in [0.29, 0.717) is 0 Å². The highest BCUT2D eigenvalue weighted by Crippen LogP contribution is 2.39. The van der Waals surface area contributed by atoms with Gasteiger partial charge >= 0.3 is 0 Å². The molecule has 2 rings (SSSR count). The van der Waals surface area contributed by atoms with Gasteiger partial charge in [0.2, 0.25) is 0 Å². The van der Waals surface area contributed by atoms with Crippen molar-refractivity contribution in [3.05, 3.63) is 54.1 Å². The fourth-order valence-electron chi connectivity index (χ4n) is 2.15. The van der Waals surface area contributed by atoms with Crippen LogP contribution in [-0.2, 0) is 0 Å². The van der Waals surface area contributed by atoms with Crippen LogP contribution in [0.15, 0.2) is 48.6 Å². The van der Waals surface area contributed by atoms with E-state index in [1.165, 1.54) is 5.56 Å². The van der Waals surface area contributed by atoms with E-state index in [2.05, 4.69) is 31.2 Å². The summed E-state index contributed by atoms with van der Waals surface area (Å²) >= 11 is 1.76. The Hall–Kier alpha value is -1.19. The molecule has 0 aromatic heterocycles. The minimum absolute atomic E-state index is 0.181. The van der Waals surface area contributed by atoms with Crippen molar-refractivity contribution in [2.45, 2.75) is 17.7 Å². The lowest BCUT2D eigenvalue weighted by molar-refractivity contribution is 0.658. The maximum Gasteiger partial charge on any atom is 0.0913 e. The van der Waals surface area contributed by atoms with Crippen LogP contribution in [0.3, 0.4) is 0 Å². The smallest absolute Gasteiger partial charge is 0.0913 e. The first-order valence-corrected chi connectivity index (χ1v) is 6.78. The van der Waals surface area contributed by atoms with E-state index in [4.69, 9.17) is 11.5 Å². The largest absolute Gasteiger partial charge is 0.399 e. The second-order valence-electron chi connectivity index (χ2n) is 4.18. The molecule has 1 aliphatic rings. The van der Waals surface area contributed by atoms with Crippen LogP contribution in [0.2, 0.25) is 0 Å². The summed E-state index contributed by atoms with van der Waals surface area (Å²) in [4.78, 5) is -0.364. The van der Waals surface area contributed by atoms with Crippen molar-refractivity contribution in [1.82, 2.24) is 0 Å². The van der Waals surface area contributed by atoms with Gasteiger partial charge in [-0.05, 0) is 23.4 Å². The molecule has 1 aromatic rings. The summed E-state index contributed by atoms with van der Waals surface area (Å²) in [5.74, 6) is 1.17. The lowest BCUT2D eigenvalue weighted by Gasteiger charge is -2.34. The minimum Gasteiger partial charge on any atom is -0.399 e. The average molecular weight is 246 g/mol. The molecule has 0 aliphatic heterocycles. The Labute approximate surface area is 107 Å². The molecule has 0 amide bonds. The summed E-state index contributed by atoms with van der Waals surface area (Å²) in [6, 6.07) is 7.97. The summed E-state index contributed by atoms with van der Waals surface area (Å²) in [6.45, 7) is 2.13. The van der Waals surface area contributed by atoms with Crippen LogP contribution in [0.4, 0.5) is 5.69 Å². The molecule has 0 saturated carbocycles. The molecule has 2 nitrogen and oxygen atoms in total. The molecule has 17 heavy (non-hydrogen) atoms. The predicted molar refractivity (Wildman–Crippen MR) is 76.9 cm³/mol. The Morgan fingerprint density at radius 1 is 1.35 bits per heavy atom. The number of anilines is 1. The number of hydrogen-bond acceptors (Lipinski definition) is 3. The number of hydrogen-bond donors (Lipinski definition) is 2. The molecule has 3 heteroatoms. The molecule has 2 unspecified atom stereocenters. The molecule has 2 atom stereocenters. The van der Waals surface area contributed by atoms with Crippen LogP contribution in [0, 0.1) is 0 Å². The Balaban J connectivity index is 2.36. The van der Waals surface area contributed by atoms with Crippen LogP contribution < -0.4 is 11.5 Å². The topological polar surface area (TPSA) is 52.0 Å². The summed E-state index contributed by atoms with van der Waals surface area (Å²) in [7, 11) is 0. The number of nitrogen functional groups attached to an aromatic ring is 1. The number of benzene rings is 1. The molecule has 0 spiro atoms. The highest BCUT2D eigenvalue weighted by Gasteiger charge is 2.33. The van der Waals surface area contributed by atoms with E-state index in [9.17, 15) is 0 Å². The SMILES string of the molecule is CCSC1(N)C=CC=CC1c1cccc(N)c1. The molecule has 0 fully saturated rings. The second kappa shape index (κ2) is 4.98. The van der Waals surface area contributed by atoms with Crippen LogP contribution >= 0.6 is 11.8 Å². The zero-order valence-electron chi connectivity index (χ0n) is 9.97. The first-order chi connectivity index (χ1) is 8.15. The molecule has 4 N–H and O–H groups in total. The number of nitrogens with two attached hydrogens (primary N) is 2. The molecule has 0 radical (unpaired) electrons. The van der Waals surface area contributed by atoms with Crippen LogP contribution in [0.5, 0.6) is 0 Å². The van der Waals surface area contributed by atoms with E-state index in [-0.39, 0.29) is 10.8 Å². The summed E-state index contributed by atoms with van der Waals surface area (Å²) in [5, 5.41) is 0. The fraction of sp³-hybridized carbons (Fsp3) is 0.286. The van der Waals surface area contributed by atoms with E-state index in [0.717, 1.165) is 11.4 Å². The van der Waals surface area contributed by atoms with Crippen molar-refractivity contribution in [3.8, 4) is 0 Å². The molecule has 0 bridgehead atoms. The van der Waals surface area contributed by atoms with Crippen molar-refractivity contribution in [3.63, 3.8) is 0 Å². The highest BCUT2D eigenvalue weighted by atomic mass is 32.2. The number of thioether (sulfide) groups is 1. The Bertz CT molecular complexity index is 453.